The van der Waals surface area contributed by atoms with Gasteiger partial charge >= 0.3 is 0 Å². The predicted molar refractivity (Wildman–Crippen MR) is 68.2 cm³/mol. The van der Waals surface area contributed by atoms with E-state index in [1.54, 1.807) is 7.05 Å². The Balaban J connectivity index is 1.94. The van der Waals surface area contributed by atoms with Gasteiger partial charge in [-0.2, -0.15) is 0 Å². The number of nitrogens with two attached hydrogens (primary N) is 1. The van der Waals surface area contributed by atoms with Crippen LogP contribution in [-0.2, 0) is 11.3 Å². The Bertz CT molecular complexity index is 486. The van der Waals surface area contributed by atoms with Crippen LogP contribution in [0.25, 0.3) is 0 Å². The van der Waals surface area contributed by atoms with Crippen LogP contribution < -0.4 is 5.73 Å². The van der Waals surface area contributed by atoms with Crippen molar-refractivity contribution in [3.8, 4) is 0 Å². The zero-order chi connectivity index (χ0) is 14.0. The van der Waals surface area contributed by atoms with E-state index in [4.69, 9.17) is 5.73 Å². The molecule has 0 spiro atoms. The zero-order valence-electron chi connectivity index (χ0n) is 11.0. The summed E-state index contributed by atoms with van der Waals surface area (Å²) in [5.41, 5.74) is 6.22. The fourth-order valence-electron chi connectivity index (χ4n) is 2.24. The number of benzene rings is 1. The molecule has 1 saturated carbocycles. The van der Waals surface area contributed by atoms with Crippen LogP contribution in [0, 0.1) is 11.6 Å². The lowest BCUT2D eigenvalue weighted by atomic mass is 9.75. The smallest absolute Gasteiger partial charge is 0.224 e. The van der Waals surface area contributed by atoms with Gasteiger partial charge in [-0.15, -0.1) is 0 Å². The highest BCUT2D eigenvalue weighted by molar-refractivity contribution is 5.77. The highest BCUT2D eigenvalue weighted by Crippen LogP contribution is 2.32. The van der Waals surface area contributed by atoms with Crippen molar-refractivity contribution < 1.29 is 13.6 Å². The minimum atomic E-state index is -0.896. The van der Waals surface area contributed by atoms with Crippen molar-refractivity contribution in [2.24, 2.45) is 5.73 Å². The van der Waals surface area contributed by atoms with E-state index in [0.29, 0.717) is 12.0 Å². The van der Waals surface area contributed by atoms with Crippen molar-refractivity contribution >= 4 is 5.91 Å². The Kier molecular flexibility index (Phi) is 3.85. The second kappa shape index (κ2) is 5.25. The van der Waals surface area contributed by atoms with Gasteiger partial charge in [0.15, 0.2) is 11.6 Å². The molecule has 104 valence electrons. The first kappa shape index (κ1) is 13.9. The van der Waals surface area contributed by atoms with E-state index >= 15 is 0 Å². The monoisotopic (exact) mass is 268 g/mol. The van der Waals surface area contributed by atoms with Crippen molar-refractivity contribution in [3.63, 3.8) is 0 Å². The Labute approximate surface area is 111 Å². The van der Waals surface area contributed by atoms with Gasteiger partial charge in [0.05, 0.1) is 0 Å². The van der Waals surface area contributed by atoms with Crippen LogP contribution >= 0.6 is 0 Å². The summed E-state index contributed by atoms with van der Waals surface area (Å²) in [5, 5.41) is 0. The molecule has 1 fully saturated rings. The molecule has 2 rings (SSSR count). The van der Waals surface area contributed by atoms with E-state index in [2.05, 4.69) is 0 Å². The lowest BCUT2D eigenvalue weighted by Crippen LogP contribution is -2.50. The zero-order valence-corrected chi connectivity index (χ0v) is 11.0. The summed E-state index contributed by atoms with van der Waals surface area (Å²) in [7, 11) is 1.64. The molecule has 1 aromatic rings. The summed E-state index contributed by atoms with van der Waals surface area (Å²) in [6, 6.07) is 3.66. The summed E-state index contributed by atoms with van der Waals surface area (Å²) in [5.74, 6) is -1.84. The fraction of sp³-hybridized carbons (Fsp3) is 0.500. The van der Waals surface area contributed by atoms with Gasteiger partial charge in [-0.1, -0.05) is 6.07 Å². The summed E-state index contributed by atoms with van der Waals surface area (Å²) in [6.07, 6.45) is 3.12. The number of carbonyl (C=O) groups is 1. The van der Waals surface area contributed by atoms with E-state index in [-0.39, 0.29) is 18.0 Å². The van der Waals surface area contributed by atoms with Gasteiger partial charge < -0.3 is 10.6 Å². The first-order valence-electron chi connectivity index (χ1n) is 6.36. The largest absolute Gasteiger partial charge is 0.341 e. The molecule has 0 heterocycles. The Morgan fingerprint density at radius 1 is 1.37 bits per heavy atom. The molecule has 0 atom stereocenters. The summed E-state index contributed by atoms with van der Waals surface area (Å²) in [4.78, 5) is 13.5. The summed E-state index contributed by atoms with van der Waals surface area (Å²) < 4.78 is 25.9. The molecule has 0 radical (unpaired) electrons. The second-order valence-electron chi connectivity index (χ2n) is 5.39. The molecule has 1 aromatic carbocycles. The fourth-order valence-corrected chi connectivity index (χ4v) is 2.24. The minimum Gasteiger partial charge on any atom is -0.341 e. The number of hydrogen-bond acceptors (Lipinski definition) is 2. The average molecular weight is 268 g/mol. The molecule has 3 nitrogen and oxygen atoms in total. The molecule has 1 amide bonds. The average Bonchev–Trinajstić information content (AvgIpc) is 2.31. The lowest BCUT2D eigenvalue weighted by molar-refractivity contribution is -0.132. The van der Waals surface area contributed by atoms with E-state index in [0.717, 1.165) is 31.4 Å². The van der Waals surface area contributed by atoms with Crippen LogP contribution in [0.4, 0.5) is 8.78 Å². The highest BCUT2D eigenvalue weighted by atomic mass is 19.2. The van der Waals surface area contributed by atoms with Gasteiger partial charge in [-0.3, -0.25) is 4.79 Å². The normalized spacial score (nSPS) is 16.8. The number of nitrogens with zero attached hydrogens (tertiary/aromatic N) is 1. The Hall–Kier alpha value is -1.49. The van der Waals surface area contributed by atoms with Gasteiger partial charge in [0.25, 0.3) is 0 Å². The highest BCUT2D eigenvalue weighted by Gasteiger charge is 2.35. The van der Waals surface area contributed by atoms with Crippen molar-refractivity contribution in [2.75, 3.05) is 7.05 Å². The minimum absolute atomic E-state index is 0.0630. The van der Waals surface area contributed by atoms with E-state index < -0.39 is 11.6 Å². The van der Waals surface area contributed by atoms with Crippen LogP contribution in [0.15, 0.2) is 18.2 Å². The Morgan fingerprint density at radius 3 is 2.58 bits per heavy atom. The van der Waals surface area contributed by atoms with Crippen LogP contribution in [0.2, 0.25) is 0 Å². The van der Waals surface area contributed by atoms with E-state index in [1.807, 2.05) is 0 Å². The third-order valence-corrected chi connectivity index (χ3v) is 3.68. The third-order valence-electron chi connectivity index (χ3n) is 3.68. The number of halogens is 2. The summed E-state index contributed by atoms with van der Waals surface area (Å²) >= 11 is 0. The lowest BCUT2D eigenvalue weighted by Gasteiger charge is -2.38. The number of hydrogen-bond donors (Lipinski definition) is 1. The maximum Gasteiger partial charge on any atom is 0.224 e. The Morgan fingerprint density at radius 2 is 2.05 bits per heavy atom. The molecule has 19 heavy (non-hydrogen) atoms. The quantitative estimate of drug-likeness (QED) is 0.910. The molecule has 5 heteroatoms. The molecule has 1 aliphatic rings. The first-order chi connectivity index (χ1) is 8.89. The van der Waals surface area contributed by atoms with Crippen LogP contribution in [0.5, 0.6) is 0 Å². The molecular weight excluding hydrogens is 250 g/mol. The second-order valence-corrected chi connectivity index (χ2v) is 5.39. The molecular formula is C14H18F2N2O. The van der Waals surface area contributed by atoms with Crippen molar-refractivity contribution in [3.05, 3.63) is 35.4 Å². The third kappa shape index (κ3) is 3.29. The van der Waals surface area contributed by atoms with E-state index in [9.17, 15) is 13.6 Å². The van der Waals surface area contributed by atoms with Gasteiger partial charge in [0, 0.05) is 25.6 Å². The number of rotatable bonds is 4. The molecule has 0 bridgehead atoms. The van der Waals surface area contributed by atoms with Crippen molar-refractivity contribution in [2.45, 2.75) is 37.8 Å². The predicted octanol–water partition coefficient (Wildman–Crippen LogP) is 2.19. The first-order valence-corrected chi connectivity index (χ1v) is 6.36. The van der Waals surface area contributed by atoms with Gasteiger partial charge in [0.2, 0.25) is 5.91 Å². The van der Waals surface area contributed by atoms with Crippen LogP contribution in [-0.4, -0.2) is 23.4 Å². The number of carbonyl (C=O) groups excluding carboxylic acids is 1. The molecule has 0 aliphatic heterocycles. The standard InChI is InChI=1S/C14H18F2N2O/c1-18(13(19)8-14(17)5-2-6-14)9-10-3-4-11(15)12(16)7-10/h3-4,7H,2,5-6,8-9,17H2,1H3. The topological polar surface area (TPSA) is 46.3 Å². The van der Waals surface area contributed by atoms with Crippen LogP contribution in [0.3, 0.4) is 0 Å². The molecule has 0 saturated heterocycles. The SMILES string of the molecule is CN(Cc1ccc(F)c(F)c1)C(=O)CC1(N)CCC1. The van der Waals surface area contributed by atoms with Gasteiger partial charge in [0.1, 0.15) is 0 Å². The molecule has 0 unspecified atom stereocenters. The van der Waals surface area contributed by atoms with Gasteiger partial charge in [-0.05, 0) is 37.0 Å². The summed E-state index contributed by atoms with van der Waals surface area (Å²) in [6.45, 7) is 0.256. The van der Waals surface area contributed by atoms with Crippen molar-refractivity contribution in [1.82, 2.24) is 4.90 Å². The maximum absolute atomic E-state index is 13.1. The molecule has 1 aliphatic carbocycles. The van der Waals surface area contributed by atoms with Crippen molar-refractivity contribution in [1.29, 1.82) is 0 Å². The maximum atomic E-state index is 13.1. The van der Waals surface area contributed by atoms with Gasteiger partial charge in [-0.25, -0.2) is 8.78 Å². The molecule has 0 aromatic heterocycles. The van der Waals surface area contributed by atoms with E-state index in [1.165, 1.54) is 11.0 Å². The molecule has 2 N–H and O–H groups in total. The number of amides is 1. The van der Waals surface area contributed by atoms with Crippen LogP contribution in [0.1, 0.15) is 31.2 Å².